The van der Waals surface area contributed by atoms with Crippen LogP contribution in [0.5, 0.6) is 5.75 Å². The Morgan fingerprint density at radius 2 is 1.88 bits per heavy atom. The van der Waals surface area contributed by atoms with Gasteiger partial charge in [0, 0.05) is 36.1 Å². The van der Waals surface area contributed by atoms with Gasteiger partial charge in [0.15, 0.2) is 11.9 Å². The van der Waals surface area contributed by atoms with Gasteiger partial charge in [-0.05, 0) is 23.8 Å². The van der Waals surface area contributed by atoms with Gasteiger partial charge in [0.05, 0.1) is 11.1 Å². The van der Waals surface area contributed by atoms with Gasteiger partial charge in [-0.3, -0.25) is 0 Å². The number of aryl methyl sites for hydroxylation is 1. The molecule has 1 aromatic heterocycles. The number of benzene rings is 2. The number of hydrogen-bond donors (Lipinski definition) is 0. The maximum Gasteiger partial charge on any atom is 0.213 e. The molecule has 0 spiro atoms. The molecule has 2 aromatic carbocycles. The number of alkyl halides is 1. The number of rotatable bonds is 4. The molecule has 126 valence electrons. The van der Waals surface area contributed by atoms with Gasteiger partial charge in [-0.15, -0.1) is 0 Å². The van der Waals surface area contributed by atoms with Gasteiger partial charge in [0.25, 0.3) is 0 Å². The van der Waals surface area contributed by atoms with Crippen molar-refractivity contribution in [3.8, 4) is 5.75 Å². The van der Waals surface area contributed by atoms with Gasteiger partial charge < -0.3 is 9.64 Å². The van der Waals surface area contributed by atoms with Crippen LogP contribution in [0.1, 0.15) is 12.0 Å². The van der Waals surface area contributed by atoms with Crippen LogP contribution < -0.4 is 14.2 Å². The van der Waals surface area contributed by atoms with Crippen LogP contribution in [0.2, 0.25) is 0 Å². The highest BCUT2D eigenvalue weighted by atomic mass is 127. The Balaban J connectivity index is 1.76. The SMILES string of the molecule is CN1C(=Cc2cc[n+](CCCI)c3ccccc23)Oc2ccccc21. The minimum absolute atomic E-state index is 0.858. The van der Waals surface area contributed by atoms with E-state index in [1.54, 1.807) is 0 Å². The molecule has 0 bridgehead atoms. The fourth-order valence-electron chi connectivity index (χ4n) is 3.24. The largest absolute Gasteiger partial charge is 0.439 e. The second-order valence-electron chi connectivity index (χ2n) is 6.14. The van der Waals surface area contributed by atoms with E-state index < -0.39 is 0 Å². The summed E-state index contributed by atoms with van der Waals surface area (Å²) in [5.74, 6) is 1.77. The molecule has 0 saturated carbocycles. The smallest absolute Gasteiger partial charge is 0.213 e. The van der Waals surface area contributed by atoms with E-state index >= 15 is 0 Å². The van der Waals surface area contributed by atoms with Crippen LogP contribution in [-0.2, 0) is 6.54 Å². The minimum atomic E-state index is 0.858. The number of para-hydroxylation sites is 3. The van der Waals surface area contributed by atoms with Crippen LogP contribution >= 0.6 is 22.6 Å². The van der Waals surface area contributed by atoms with Crippen LogP contribution in [0.15, 0.2) is 66.7 Å². The third-order valence-electron chi connectivity index (χ3n) is 4.54. The van der Waals surface area contributed by atoms with Crippen molar-refractivity contribution in [2.75, 3.05) is 16.4 Å². The lowest BCUT2D eigenvalue weighted by Gasteiger charge is -2.11. The van der Waals surface area contributed by atoms with Crippen molar-refractivity contribution in [3.05, 3.63) is 72.2 Å². The van der Waals surface area contributed by atoms with Crippen molar-refractivity contribution >= 4 is 45.3 Å². The summed E-state index contributed by atoms with van der Waals surface area (Å²) in [5.41, 5.74) is 3.54. The Kier molecular flexibility index (Phi) is 4.61. The molecular formula is C21H20IN2O+. The topological polar surface area (TPSA) is 16.4 Å². The molecule has 0 N–H and O–H groups in total. The second kappa shape index (κ2) is 7.04. The lowest BCUT2D eigenvalue weighted by molar-refractivity contribution is -0.671. The van der Waals surface area contributed by atoms with Gasteiger partial charge in [-0.1, -0.05) is 46.9 Å². The van der Waals surface area contributed by atoms with Crippen molar-refractivity contribution in [1.82, 2.24) is 0 Å². The number of pyridine rings is 1. The molecule has 3 nitrogen and oxygen atoms in total. The zero-order valence-corrected chi connectivity index (χ0v) is 16.3. The first-order valence-corrected chi connectivity index (χ1v) is 10.00. The van der Waals surface area contributed by atoms with Crippen LogP contribution in [0.3, 0.4) is 0 Å². The molecule has 0 radical (unpaired) electrons. The van der Waals surface area contributed by atoms with Crippen molar-refractivity contribution < 1.29 is 9.30 Å². The van der Waals surface area contributed by atoms with Gasteiger partial charge in [-0.2, -0.15) is 4.57 Å². The Morgan fingerprint density at radius 1 is 1.08 bits per heavy atom. The molecule has 3 aromatic rings. The molecule has 0 unspecified atom stereocenters. The van der Waals surface area contributed by atoms with E-state index in [1.165, 1.54) is 27.3 Å². The van der Waals surface area contributed by atoms with E-state index in [1.807, 2.05) is 25.2 Å². The molecule has 1 aliphatic heterocycles. The van der Waals surface area contributed by atoms with Crippen LogP contribution in [0.25, 0.3) is 17.0 Å². The van der Waals surface area contributed by atoms with Crippen LogP contribution in [0, 0.1) is 0 Å². The molecule has 0 atom stereocenters. The first-order valence-electron chi connectivity index (χ1n) is 8.47. The van der Waals surface area contributed by atoms with E-state index in [0.29, 0.717) is 0 Å². The summed E-state index contributed by atoms with van der Waals surface area (Å²) in [6.07, 6.45) is 5.49. The Morgan fingerprint density at radius 3 is 2.72 bits per heavy atom. The average Bonchev–Trinajstić information content (AvgIpc) is 2.97. The standard InChI is InChI=1S/C21H20IN2O/c1-23-19-9-4-5-10-20(19)25-21(23)15-16-11-14-24(13-6-12-22)18-8-3-2-7-17(16)18/h2-5,7-11,14-15H,6,12-13H2,1H3/q+1. The summed E-state index contributed by atoms with van der Waals surface area (Å²) < 4.78 is 9.55. The molecule has 0 saturated heterocycles. The van der Waals surface area contributed by atoms with Gasteiger partial charge >= 0.3 is 0 Å². The molecule has 2 heterocycles. The Labute approximate surface area is 161 Å². The van der Waals surface area contributed by atoms with Crippen LogP contribution in [0.4, 0.5) is 5.69 Å². The molecule has 0 amide bonds. The first-order chi connectivity index (χ1) is 12.3. The molecule has 1 aliphatic rings. The highest BCUT2D eigenvalue weighted by Crippen LogP contribution is 2.38. The number of aromatic nitrogens is 1. The van der Waals surface area contributed by atoms with Gasteiger partial charge in [-0.25, -0.2) is 0 Å². The summed E-state index contributed by atoms with van der Waals surface area (Å²) in [6.45, 7) is 1.04. The lowest BCUT2D eigenvalue weighted by Crippen LogP contribution is -2.34. The van der Waals surface area contributed by atoms with Crippen molar-refractivity contribution in [2.24, 2.45) is 0 Å². The van der Waals surface area contributed by atoms with E-state index in [9.17, 15) is 0 Å². The summed E-state index contributed by atoms with van der Waals surface area (Å²) in [6, 6.07) is 18.9. The zero-order chi connectivity index (χ0) is 17.2. The minimum Gasteiger partial charge on any atom is -0.439 e. The molecule has 0 aliphatic carbocycles. The van der Waals surface area contributed by atoms with Gasteiger partial charge in [0.1, 0.15) is 6.54 Å². The summed E-state index contributed by atoms with van der Waals surface area (Å²) in [4.78, 5) is 2.10. The summed E-state index contributed by atoms with van der Waals surface area (Å²) in [5, 5.41) is 1.25. The van der Waals surface area contributed by atoms with E-state index in [0.717, 1.165) is 23.9 Å². The van der Waals surface area contributed by atoms with Gasteiger partial charge in [0.2, 0.25) is 11.4 Å². The number of halogens is 1. The maximum absolute atomic E-state index is 6.05. The molecule has 4 rings (SSSR count). The maximum atomic E-state index is 6.05. The van der Waals surface area contributed by atoms with E-state index in [2.05, 4.69) is 80.7 Å². The molecule has 25 heavy (non-hydrogen) atoms. The monoisotopic (exact) mass is 443 g/mol. The van der Waals surface area contributed by atoms with Crippen molar-refractivity contribution in [2.45, 2.75) is 13.0 Å². The lowest BCUT2D eigenvalue weighted by atomic mass is 10.1. The van der Waals surface area contributed by atoms with Crippen molar-refractivity contribution in [1.29, 1.82) is 0 Å². The number of ether oxygens (including phenoxy) is 1. The number of hydrogen-bond acceptors (Lipinski definition) is 2. The Hall–Kier alpha value is -2.08. The zero-order valence-electron chi connectivity index (χ0n) is 14.2. The fourth-order valence-corrected chi connectivity index (χ4v) is 3.58. The van der Waals surface area contributed by atoms with E-state index in [4.69, 9.17) is 4.74 Å². The van der Waals surface area contributed by atoms with Crippen molar-refractivity contribution in [3.63, 3.8) is 0 Å². The first kappa shape index (κ1) is 16.4. The quantitative estimate of drug-likeness (QED) is 0.328. The highest BCUT2D eigenvalue weighted by molar-refractivity contribution is 14.1. The molecular weight excluding hydrogens is 423 g/mol. The van der Waals surface area contributed by atoms with Crippen LogP contribution in [-0.4, -0.2) is 11.5 Å². The average molecular weight is 443 g/mol. The van der Waals surface area contributed by atoms with E-state index in [-0.39, 0.29) is 0 Å². The third kappa shape index (κ3) is 3.11. The number of fused-ring (bicyclic) bond motifs is 2. The number of anilines is 1. The fraction of sp³-hybridized carbons (Fsp3) is 0.190. The molecule has 0 fully saturated rings. The summed E-state index contributed by atoms with van der Waals surface area (Å²) >= 11 is 2.44. The predicted octanol–water partition coefficient (Wildman–Crippen LogP) is 4.78. The normalized spacial score (nSPS) is 14.8. The summed E-state index contributed by atoms with van der Waals surface area (Å²) in [7, 11) is 2.05. The highest BCUT2D eigenvalue weighted by Gasteiger charge is 2.23. The number of nitrogens with zero attached hydrogens (tertiary/aromatic N) is 2. The second-order valence-corrected chi connectivity index (χ2v) is 7.21. The molecule has 4 heteroatoms. The Bertz CT molecular complexity index is 952. The third-order valence-corrected chi connectivity index (χ3v) is 5.30. The predicted molar refractivity (Wildman–Crippen MR) is 111 cm³/mol.